The summed E-state index contributed by atoms with van der Waals surface area (Å²) in [7, 11) is 0. The molecule has 0 fully saturated rings. The molecule has 2 unspecified atom stereocenters. The third-order valence-electron chi connectivity index (χ3n) is 3.85. The van der Waals surface area contributed by atoms with Crippen LogP contribution in [0.1, 0.15) is 130 Å². The zero-order valence-corrected chi connectivity index (χ0v) is 22.5. The third-order valence-corrected chi connectivity index (χ3v) is 3.85. The van der Waals surface area contributed by atoms with Crippen LogP contribution in [0.25, 0.3) is 0 Å². The monoisotopic (exact) mass is 388 g/mol. The number of hydrogen-bond acceptors (Lipinski definition) is 1. The molecule has 0 aliphatic carbocycles. The Labute approximate surface area is 176 Å². The molecular formula is C26H60O. The van der Waals surface area contributed by atoms with E-state index in [1.54, 1.807) is 0 Å². The normalized spacial score (nSPS) is 13.8. The number of aliphatic hydroxyl groups excluding tert-OH is 1. The molecule has 0 aromatic heterocycles. The molecule has 2 atom stereocenters. The maximum atomic E-state index is 8.72. The summed E-state index contributed by atoms with van der Waals surface area (Å²) >= 11 is 0. The van der Waals surface area contributed by atoms with Crippen molar-refractivity contribution in [1.82, 2.24) is 0 Å². The van der Waals surface area contributed by atoms with E-state index in [2.05, 4.69) is 104 Å². The van der Waals surface area contributed by atoms with Gasteiger partial charge in [-0.05, 0) is 54.3 Å². The topological polar surface area (TPSA) is 20.2 Å². The van der Waals surface area contributed by atoms with Gasteiger partial charge in [0.1, 0.15) is 0 Å². The summed E-state index contributed by atoms with van der Waals surface area (Å²) in [5.41, 5.74) is 1.01. The van der Waals surface area contributed by atoms with Gasteiger partial charge in [0.2, 0.25) is 0 Å². The van der Waals surface area contributed by atoms with Crippen LogP contribution in [0.3, 0.4) is 0 Å². The largest absolute Gasteiger partial charge is 0.393 e. The lowest BCUT2D eigenvalue weighted by Crippen LogP contribution is -2.15. The highest BCUT2D eigenvalue weighted by Gasteiger charge is 2.16. The second-order valence-electron chi connectivity index (χ2n) is 12.2. The summed E-state index contributed by atoms with van der Waals surface area (Å²) in [4.78, 5) is 0. The first-order chi connectivity index (χ1) is 11.7. The van der Waals surface area contributed by atoms with E-state index in [1.807, 2.05) is 6.92 Å². The van der Waals surface area contributed by atoms with Crippen molar-refractivity contribution in [1.29, 1.82) is 0 Å². The molecule has 1 N–H and O–H groups in total. The average Bonchev–Trinajstić information content (AvgIpc) is 2.32. The van der Waals surface area contributed by atoms with Crippen molar-refractivity contribution in [3.05, 3.63) is 0 Å². The molecule has 0 aliphatic heterocycles. The smallest absolute Gasteiger partial charge is 0.0514 e. The second kappa shape index (κ2) is 18.0. The van der Waals surface area contributed by atoms with Gasteiger partial charge in [0.15, 0.2) is 0 Å². The van der Waals surface area contributed by atoms with Gasteiger partial charge >= 0.3 is 0 Å². The van der Waals surface area contributed by atoms with E-state index >= 15 is 0 Å². The Balaban J connectivity index is -0.000000132. The van der Waals surface area contributed by atoms with Crippen LogP contribution in [0.4, 0.5) is 0 Å². The average molecular weight is 389 g/mol. The predicted octanol–water partition coefficient (Wildman–Crippen LogP) is 9.23. The molecule has 27 heavy (non-hydrogen) atoms. The lowest BCUT2D eigenvalue weighted by atomic mass is 9.81. The van der Waals surface area contributed by atoms with Gasteiger partial charge in [-0.15, -0.1) is 0 Å². The summed E-state index contributed by atoms with van der Waals surface area (Å²) < 4.78 is 0. The molecule has 0 saturated carbocycles. The van der Waals surface area contributed by atoms with Crippen LogP contribution in [0.15, 0.2) is 0 Å². The fourth-order valence-electron chi connectivity index (χ4n) is 2.24. The molecule has 0 amide bonds. The standard InChI is InChI=1S/C8H18.C7H16.C6H14O.C5H12/c1-6-7(2)8(3,4)5;1-6(2)5-7(3)4;1-5(2)4-6(3)7;1-5(2,3)4/h7H,6H2,1-5H3;6-7H,5H2,1-4H3;5-7H,4H2,1-3H3;1-4H3. The molecule has 0 aromatic rings. The Morgan fingerprint density at radius 1 is 0.593 bits per heavy atom. The Morgan fingerprint density at radius 3 is 0.852 bits per heavy atom. The maximum absolute atomic E-state index is 8.72. The van der Waals surface area contributed by atoms with Crippen LogP contribution >= 0.6 is 0 Å². The van der Waals surface area contributed by atoms with Crippen LogP contribution in [0, 0.1) is 34.5 Å². The third kappa shape index (κ3) is 58.5. The van der Waals surface area contributed by atoms with E-state index in [0.717, 1.165) is 24.2 Å². The highest BCUT2D eigenvalue weighted by Crippen LogP contribution is 2.27. The maximum Gasteiger partial charge on any atom is 0.0514 e. The number of rotatable bonds is 5. The first kappa shape index (κ1) is 34.5. The van der Waals surface area contributed by atoms with Gasteiger partial charge in [0.05, 0.1) is 6.10 Å². The summed E-state index contributed by atoms with van der Waals surface area (Å²) in [5, 5.41) is 8.72. The van der Waals surface area contributed by atoms with E-state index in [4.69, 9.17) is 5.11 Å². The molecule has 0 bridgehead atoms. The number of aliphatic hydroxyl groups is 1. The zero-order chi connectivity index (χ0) is 23.0. The minimum atomic E-state index is -0.125. The molecule has 170 valence electrons. The molecule has 0 heterocycles. The summed E-state index contributed by atoms with van der Waals surface area (Å²) in [5.74, 6) is 3.22. The van der Waals surface area contributed by atoms with E-state index in [-0.39, 0.29) is 6.10 Å². The summed E-state index contributed by atoms with van der Waals surface area (Å²) in [6.45, 7) is 35.3. The van der Waals surface area contributed by atoms with Crippen molar-refractivity contribution in [3.8, 4) is 0 Å². The first-order valence-corrected chi connectivity index (χ1v) is 11.4. The lowest BCUT2D eigenvalue weighted by molar-refractivity contribution is 0.168. The van der Waals surface area contributed by atoms with E-state index < -0.39 is 0 Å². The Morgan fingerprint density at radius 2 is 0.852 bits per heavy atom. The molecule has 0 radical (unpaired) electrons. The predicted molar refractivity (Wildman–Crippen MR) is 129 cm³/mol. The fraction of sp³-hybridized carbons (Fsp3) is 1.00. The van der Waals surface area contributed by atoms with Crippen molar-refractivity contribution >= 4 is 0 Å². The van der Waals surface area contributed by atoms with Gasteiger partial charge in [-0.3, -0.25) is 0 Å². The van der Waals surface area contributed by atoms with Crippen LogP contribution in [0.5, 0.6) is 0 Å². The van der Waals surface area contributed by atoms with Crippen molar-refractivity contribution in [2.45, 2.75) is 136 Å². The quantitative estimate of drug-likeness (QED) is 0.497. The number of hydrogen-bond donors (Lipinski definition) is 1. The van der Waals surface area contributed by atoms with Crippen molar-refractivity contribution in [2.75, 3.05) is 0 Å². The minimum Gasteiger partial charge on any atom is -0.393 e. The Bertz CT molecular complexity index is 242. The molecule has 0 saturated heterocycles. The van der Waals surface area contributed by atoms with Gasteiger partial charge in [0, 0.05) is 0 Å². The minimum absolute atomic E-state index is 0.125. The zero-order valence-electron chi connectivity index (χ0n) is 22.5. The SMILES string of the molecule is CC(C)(C)C.CC(C)CC(C)C.CC(C)CC(C)O.CCC(C)C(C)(C)C. The Kier molecular flexibility index (Phi) is 23.0. The van der Waals surface area contributed by atoms with Gasteiger partial charge in [-0.25, -0.2) is 0 Å². The van der Waals surface area contributed by atoms with Crippen molar-refractivity contribution in [3.63, 3.8) is 0 Å². The highest BCUT2D eigenvalue weighted by atomic mass is 16.3. The first-order valence-electron chi connectivity index (χ1n) is 11.4. The fourth-order valence-corrected chi connectivity index (χ4v) is 2.24. The second-order valence-corrected chi connectivity index (χ2v) is 12.2. The van der Waals surface area contributed by atoms with Crippen molar-refractivity contribution in [2.24, 2.45) is 34.5 Å². The highest BCUT2D eigenvalue weighted by molar-refractivity contribution is 4.67. The Hall–Kier alpha value is -0.0400. The van der Waals surface area contributed by atoms with Crippen LogP contribution in [0.2, 0.25) is 0 Å². The molecule has 0 rings (SSSR count). The molecule has 1 nitrogen and oxygen atoms in total. The molecule has 1 heteroatoms. The molecule has 0 aliphatic rings. The van der Waals surface area contributed by atoms with Gasteiger partial charge < -0.3 is 5.11 Å². The van der Waals surface area contributed by atoms with Crippen LogP contribution in [-0.4, -0.2) is 11.2 Å². The van der Waals surface area contributed by atoms with Gasteiger partial charge in [-0.1, -0.05) is 110 Å². The summed E-state index contributed by atoms with van der Waals surface area (Å²) in [6, 6.07) is 0. The molecular weight excluding hydrogens is 328 g/mol. The lowest BCUT2D eigenvalue weighted by Gasteiger charge is -2.25. The van der Waals surface area contributed by atoms with Crippen LogP contribution < -0.4 is 0 Å². The molecule has 0 spiro atoms. The van der Waals surface area contributed by atoms with E-state index in [9.17, 15) is 0 Å². The molecule has 0 aromatic carbocycles. The van der Waals surface area contributed by atoms with E-state index in [0.29, 0.717) is 16.7 Å². The summed E-state index contributed by atoms with van der Waals surface area (Å²) in [6.07, 6.45) is 3.45. The van der Waals surface area contributed by atoms with Gasteiger partial charge in [0.25, 0.3) is 0 Å². The van der Waals surface area contributed by atoms with Crippen LogP contribution in [-0.2, 0) is 0 Å². The van der Waals surface area contributed by atoms with Crippen molar-refractivity contribution < 1.29 is 5.11 Å². The van der Waals surface area contributed by atoms with Gasteiger partial charge in [-0.2, -0.15) is 0 Å². The van der Waals surface area contributed by atoms with E-state index in [1.165, 1.54) is 12.8 Å².